The molecule has 0 spiro atoms. The predicted molar refractivity (Wildman–Crippen MR) is 90.1 cm³/mol. The summed E-state index contributed by atoms with van der Waals surface area (Å²) >= 11 is 0. The number of hydrogen-bond donors (Lipinski definition) is 2. The van der Waals surface area contributed by atoms with E-state index in [1.54, 1.807) is 0 Å². The van der Waals surface area contributed by atoms with E-state index in [-0.39, 0.29) is 29.8 Å². The Labute approximate surface area is 134 Å². The summed E-state index contributed by atoms with van der Waals surface area (Å²) in [6.07, 6.45) is 3.11. The van der Waals surface area contributed by atoms with Crippen LogP contribution in [-0.4, -0.2) is 25.0 Å². The highest BCUT2D eigenvalue weighted by Crippen LogP contribution is 2.23. The van der Waals surface area contributed by atoms with Crippen molar-refractivity contribution in [2.45, 2.75) is 51.5 Å². The summed E-state index contributed by atoms with van der Waals surface area (Å²) in [5, 5.41) is 6.33. The van der Waals surface area contributed by atoms with E-state index in [1.807, 2.05) is 0 Å². The van der Waals surface area contributed by atoms with Gasteiger partial charge < -0.3 is 10.6 Å². The molecule has 1 unspecified atom stereocenters. The van der Waals surface area contributed by atoms with Gasteiger partial charge in [0.1, 0.15) is 0 Å². The lowest BCUT2D eigenvalue weighted by Crippen LogP contribution is -2.45. The van der Waals surface area contributed by atoms with Crippen LogP contribution in [-0.2, 0) is 16.6 Å². The van der Waals surface area contributed by atoms with Crippen LogP contribution in [0.3, 0.4) is 0 Å². The Morgan fingerprint density at radius 1 is 1.33 bits per heavy atom. The fourth-order valence-electron chi connectivity index (χ4n) is 2.63. The second-order valence-electron chi connectivity index (χ2n) is 6.30. The summed E-state index contributed by atoms with van der Waals surface area (Å²) in [5.74, 6) is 0.140. The van der Waals surface area contributed by atoms with Crippen molar-refractivity contribution in [2.24, 2.45) is 0 Å². The van der Waals surface area contributed by atoms with E-state index in [9.17, 15) is 4.79 Å². The van der Waals surface area contributed by atoms with Gasteiger partial charge in [0, 0.05) is 12.0 Å². The summed E-state index contributed by atoms with van der Waals surface area (Å²) < 4.78 is 0. The maximum Gasteiger partial charge on any atom is 0.237 e. The van der Waals surface area contributed by atoms with Crippen LogP contribution in [0.5, 0.6) is 0 Å². The highest BCUT2D eigenvalue weighted by atomic mass is 35.5. The standard InChI is InChI=1S/C17H26N2O.ClH/c1-4-13-7-9-14(10-8-13)17(2,3)12-19-16(20)15-6-5-11-18-15;/h7-10,15,18H,4-6,11-12H2,1-3H3,(H,19,20);1H. The van der Waals surface area contributed by atoms with Crippen molar-refractivity contribution in [3.63, 3.8) is 0 Å². The van der Waals surface area contributed by atoms with Crippen molar-refractivity contribution < 1.29 is 4.79 Å². The molecule has 1 heterocycles. The van der Waals surface area contributed by atoms with Crippen LogP contribution in [0.2, 0.25) is 0 Å². The zero-order chi connectivity index (χ0) is 14.6. The first-order valence-electron chi connectivity index (χ1n) is 7.63. The molecule has 0 aliphatic carbocycles. The lowest BCUT2D eigenvalue weighted by atomic mass is 9.84. The Kier molecular flexibility index (Phi) is 6.69. The third-order valence-electron chi connectivity index (χ3n) is 4.23. The van der Waals surface area contributed by atoms with Gasteiger partial charge in [-0.3, -0.25) is 4.79 Å². The minimum Gasteiger partial charge on any atom is -0.354 e. The molecule has 1 saturated heterocycles. The molecular weight excluding hydrogens is 284 g/mol. The molecule has 118 valence electrons. The highest BCUT2D eigenvalue weighted by molar-refractivity contribution is 5.85. The van der Waals surface area contributed by atoms with E-state index in [0.29, 0.717) is 6.54 Å². The molecule has 1 aromatic carbocycles. The van der Waals surface area contributed by atoms with Crippen molar-refractivity contribution in [1.29, 1.82) is 0 Å². The van der Waals surface area contributed by atoms with Gasteiger partial charge in [0.05, 0.1) is 6.04 Å². The molecule has 0 aromatic heterocycles. The van der Waals surface area contributed by atoms with Crippen LogP contribution >= 0.6 is 12.4 Å². The SMILES string of the molecule is CCc1ccc(C(C)(C)CNC(=O)C2CCCN2)cc1.Cl. The van der Waals surface area contributed by atoms with Crippen LogP contribution in [0.25, 0.3) is 0 Å². The van der Waals surface area contributed by atoms with Crippen molar-refractivity contribution >= 4 is 18.3 Å². The van der Waals surface area contributed by atoms with Crippen molar-refractivity contribution in [3.8, 4) is 0 Å². The Morgan fingerprint density at radius 3 is 2.52 bits per heavy atom. The number of aryl methyl sites for hydroxylation is 1. The summed E-state index contributed by atoms with van der Waals surface area (Å²) in [4.78, 5) is 12.1. The van der Waals surface area contributed by atoms with Gasteiger partial charge in [-0.25, -0.2) is 0 Å². The summed E-state index contributed by atoms with van der Waals surface area (Å²) in [7, 11) is 0. The molecule has 2 rings (SSSR count). The molecule has 1 fully saturated rings. The van der Waals surface area contributed by atoms with Gasteiger partial charge in [0.15, 0.2) is 0 Å². The largest absolute Gasteiger partial charge is 0.354 e. The van der Waals surface area contributed by atoms with Crippen molar-refractivity contribution in [3.05, 3.63) is 35.4 Å². The highest BCUT2D eigenvalue weighted by Gasteiger charge is 2.25. The second kappa shape index (κ2) is 7.81. The number of carbonyl (C=O) groups excluding carboxylic acids is 1. The first kappa shape index (κ1) is 18.0. The maximum absolute atomic E-state index is 12.1. The topological polar surface area (TPSA) is 41.1 Å². The van der Waals surface area contributed by atoms with E-state index in [2.05, 4.69) is 55.7 Å². The molecule has 1 atom stereocenters. The van der Waals surface area contributed by atoms with Crippen LogP contribution in [0, 0.1) is 0 Å². The smallest absolute Gasteiger partial charge is 0.237 e. The van der Waals surface area contributed by atoms with Gasteiger partial charge in [-0.15, -0.1) is 12.4 Å². The maximum atomic E-state index is 12.1. The van der Waals surface area contributed by atoms with Crippen molar-refractivity contribution in [1.82, 2.24) is 10.6 Å². The molecule has 0 saturated carbocycles. The second-order valence-corrected chi connectivity index (χ2v) is 6.30. The monoisotopic (exact) mass is 310 g/mol. The van der Waals surface area contributed by atoms with Crippen LogP contribution in [0.1, 0.15) is 44.7 Å². The van der Waals surface area contributed by atoms with Gasteiger partial charge in [-0.2, -0.15) is 0 Å². The van der Waals surface area contributed by atoms with E-state index < -0.39 is 0 Å². The first-order chi connectivity index (χ1) is 9.53. The van der Waals surface area contributed by atoms with Crippen LogP contribution in [0.4, 0.5) is 0 Å². The average Bonchev–Trinajstić information content (AvgIpc) is 2.99. The minimum absolute atomic E-state index is 0. The van der Waals surface area contributed by atoms with E-state index >= 15 is 0 Å². The molecule has 0 bridgehead atoms. The number of carbonyl (C=O) groups is 1. The number of rotatable bonds is 5. The Bertz CT molecular complexity index is 450. The zero-order valence-corrected chi connectivity index (χ0v) is 14.1. The third kappa shape index (κ3) is 4.72. The van der Waals surface area contributed by atoms with Crippen LogP contribution in [0.15, 0.2) is 24.3 Å². The van der Waals surface area contributed by atoms with E-state index in [1.165, 1.54) is 11.1 Å². The number of halogens is 1. The fourth-order valence-corrected chi connectivity index (χ4v) is 2.63. The fraction of sp³-hybridized carbons (Fsp3) is 0.588. The van der Waals surface area contributed by atoms with Crippen LogP contribution < -0.4 is 10.6 Å². The minimum atomic E-state index is -0.0411. The number of hydrogen-bond acceptors (Lipinski definition) is 2. The Balaban J connectivity index is 0.00000220. The Morgan fingerprint density at radius 2 is 2.00 bits per heavy atom. The number of amides is 1. The van der Waals surface area contributed by atoms with Crippen molar-refractivity contribution in [2.75, 3.05) is 13.1 Å². The number of nitrogens with one attached hydrogen (secondary N) is 2. The predicted octanol–water partition coefficient (Wildman–Crippen LogP) is 2.82. The molecule has 4 heteroatoms. The molecule has 21 heavy (non-hydrogen) atoms. The van der Waals surface area contributed by atoms with E-state index in [0.717, 1.165) is 25.8 Å². The van der Waals surface area contributed by atoms with Gasteiger partial charge in [0.2, 0.25) is 5.91 Å². The summed E-state index contributed by atoms with van der Waals surface area (Å²) in [6, 6.07) is 8.72. The third-order valence-corrected chi connectivity index (χ3v) is 4.23. The number of benzene rings is 1. The average molecular weight is 311 g/mol. The van der Waals surface area contributed by atoms with Gasteiger partial charge in [0.25, 0.3) is 0 Å². The summed E-state index contributed by atoms with van der Waals surface area (Å²) in [5.41, 5.74) is 2.58. The molecule has 1 aliphatic heterocycles. The summed E-state index contributed by atoms with van der Waals surface area (Å²) in [6.45, 7) is 8.15. The van der Waals surface area contributed by atoms with E-state index in [4.69, 9.17) is 0 Å². The normalized spacial score (nSPS) is 18.1. The van der Waals surface area contributed by atoms with Gasteiger partial charge >= 0.3 is 0 Å². The molecule has 1 aliphatic rings. The quantitative estimate of drug-likeness (QED) is 0.878. The molecule has 1 aromatic rings. The van der Waals surface area contributed by atoms with Gasteiger partial charge in [-0.1, -0.05) is 45.0 Å². The Hall–Kier alpha value is -1.06. The molecule has 0 radical (unpaired) electrons. The molecule has 1 amide bonds. The molecule has 3 nitrogen and oxygen atoms in total. The molecular formula is C17H27ClN2O. The lowest BCUT2D eigenvalue weighted by Gasteiger charge is -2.26. The van der Waals surface area contributed by atoms with Gasteiger partial charge in [-0.05, 0) is 36.9 Å². The zero-order valence-electron chi connectivity index (χ0n) is 13.2. The lowest BCUT2D eigenvalue weighted by molar-refractivity contribution is -0.123. The first-order valence-corrected chi connectivity index (χ1v) is 7.63. The molecule has 2 N–H and O–H groups in total.